The molecule has 0 aliphatic carbocycles. The van der Waals surface area contributed by atoms with Crippen LogP contribution in [0.2, 0.25) is 5.02 Å². The molecule has 5 heteroatoms. The maximum absolute atomic E-state index is 12.1. The van der Waals surface area contributed by atoms with Gasteiger partial charge in [0.2, 0.25) is 0 Å². The van der Waals surface area contributed by atoms with Crippen molar-refractivity contribution in [3.63, 3.8) is 0 Å². The lowest BCUT2D eigenvalue weighted by Gasteiger charge is -2.27. The van der Waals surface area contributed by atoms with Gasteiger partial charge in [0.15, 0.2) is 0 Å². The van der Waals surface area contributed by atoms with Crippen LogP contribution in [-0.4, -0.2) is 37.0 Å². The summed E-state index contributed by atoms with van der Waals surface area (Å²) in [4.78, 5) is 13.9. The van der Waals surface area contributed by atoms with Crippen molar-refractivity contribution < 1.29 is 4.79 Å². The van der Waals surface area contributed by atoms with Gasteiger partial charge in [-0.15, -0.1) is 0 Å². The molecule has 16 heavy (non-hydrogen) atoms. The van der Waals surface area contributed by atoms with Crippen LogP contribution in [0, 0.1) is 0 Å². The lowest BCUT2D eigenvalue weighted by atomic mass is 10.1. The van der Waals surface area contributed by atoms with Crippen LogP contribution in [0.1, 0.15) is 10.4 Å². The van der Waals surface area contributed by atoms with E-state index in [-0.39, 0.29) is 5.91 Å². The Labute approximate surface area is 99.4 Å². The zero-order valence-corrected chi connectivity index (χ0v) is 9.63. The predicted octanol–water partition coefficient (Wildman–Crippen LogP) is 0.968. The van der Waals surface area contributed by atoms with Gasteiger partial charge in [-0.2, -0.15) is 0 Å². The molecule has 2 rings (SSSR count). The Kier molecular flexibility index (Phi) is 3.31. The Morgan fingerprint density at radius 1 is 1.38 bits per heavy atom. The minimum Gasteiger partial charge on any atom is -0.398 e. The molecule has 1 aromatic carbocycles. The molecule has 1 amide bonds. The predicted molar refractivity (Wildman–Crippen MR) is 64.6 cm³/mol. The Morgan fingerprint density at radius 2 is 2.06 bits per heavy atom. The smallest absolute Gasteiger partial charge is 0.256 e. The first-order chi connectivity index (χ1) is 7.68. The number of nitrogens with zero attached hydrogens (tertiary/aromatic N) is 1. The fourth-order valence-corrected chi connectivity index (χ4v) is 1.95. The number of nitrogen functional groups attached to an aromatic ring is 1. The van der Waals surface area contributed by atoms with Crippen molar-refractivity contribution in [2.24, 2.45) is 0 Å². The third kappa shape index (κ3) is 2.28. The van der Waals surface area contributed by atoms with E-state index in [9.17, 15) is 4.79 Å². The topological polar surface area (TPSA) is 58.4 Å². The van der Waals surface area contributed by atoms with Gasteiger partial charge < -0.3 is 16.0 Å². The summed E-state index contributed by atoms with van der Waals surface area (Å²) in [7, 11) is 0. The van der Waals surface area contributed by atoms with Crippen molar-refractivity contribution in [1.29, 1.82) is 0 Å². The molecule has 0 aromatic heterocycles. The van der Waals surface area contributed by atoms with Gasteiger partial charge in [0, 0.05) is 36.9 Å². The number of carbonyl (C=O) groups excluding carboxylic acids is 1. The third-order valence-corrected chi connectivity index (χ3v) is 2.88. The van der Waals surface area contributed by atoms with Gasteiger partial charge in [-0.3, -0.25) is 4.79 Å². The highest BCUT2D eigenvalue weighted by atomic mass is 35.5. The molecular formula is C11H14ClN3O. The molecule has 0 atom stereocenters. The van der Waals surface area contributed by atoms with Gasteiger partial charge in [-0.1, -0.05) is 11.6 Å². The monoisotopic (exact) mass is 239 g/mol. The van der Waals surface area contributed by atoms with Crippen LogP contribution in [0.25, 0.3) is 0 Å². The standard InChI is InChI=1S/C11H14ClN3O/c12-8-1-2-9(10(13)7-8)11(16)15-5-3-14-4-6-15/h1-2,7,14H,3-6,13H2. The Morgan fingerprint density at radius 3 is 2.69 bits per heavy atom. The number of piperazine rings is 1. The maximum Gasteiger partial charge on any atom is 0.256 e. The first kappa shape index (κ1) is 11.2. The molecule has 0 unspecified atom stereocenters. The van der Waals surface area contributed by atoms with E-state index >= 15 is 0 Å². The number of nitrogens with one attached hydrogen (secondary N) is 1. The van der Waals surface area contributed by atoms with E-state index in [0.29, 0.717) is 16.3 Å². The fourth-order valence-electron chi connectivity index (χ4n) is 1.77. The highest BCUT2D eigenvalue weighted by molar-refractivity contribution is 6.31. The first-order valence-electron chi connectivity index (χ1n) is 5.23. The van der Waals surface area contributed by atoms with Crippen LogP contribution in [0.4, 0.5) is 5.69 Å². The maximum atomic E-state index is 12.1. The molecule has 1 fully saturated rings. The number of hydrogen-bond donors (Lipinski definition) is 2. The van der Waals surface area contributed by atoms with E-state index in [1.807, 2.05) is 0 Å². The summed E-state index contributed by atoms with van der Waals surface area (Å²) in [6.07, 6.45) is 0. The number of nitrogens with two attached hydrogens (primary N) is 1. The van der Waals surface area contributed by atoms with Crippen molar-refractivity contribution in [2.45, 2.75) is 0 Å². The molecule has 0 spiro atoms. The summed E-state index contributed by atoms with van der Waals surface area (Å²) in [6.45, 7) is 3.11. The van der Waals surface area contributed by atoms with Crippen LogP contribution >= 0.6 is 11.6 Å². The molecule has 86 valence electrons. The average molecular weight is 240 g/mol. The van der Waals surface area contributed by atoms with Crippen LogP contribution < -0.4 is 11.1 Å². The lowest BCUT2D eigenvalue weighted by Crippen LogP contribution is -2.46. The van der Waals surface area contributed by atoms with Gasteiger partial charge in [0.25, 0.3) is 5.91 Å². The lowest BCUT2D eigenvalue weighted by molar-refractivity contribution is 0.0737. The highest BCUT2D eigenvalue weighted by Gasteiger charge is 2.19. The number of halogens is 1. The van der Waals surface area contributed by atoms with Crippen molar-refractivity contribution in [2.75, 3.05) is 31.9 Å². The van der Waals surface area contributed by atoms with E-state index in [4.69, 9.17) is 17.3 Å². The molecule has 3 N–H and O–H groups in total. The number of rotatable bonds is 1. The van der Waals surface area contributed by atoms with E-state index in [1.54, 1.807) is 23.1 Å². The fraction of sp³-hybridized carbons (Fsp3) is 0.364. The normalized spacial score (nSPS) is 16.2. The first-order valence-corrected chi connectivity index (χ1v) is 5.61. The molecule has 0 saturated carbocycles. The van der Waals surface area contributed by atoms with Crippen LogP contribution in [-0.2, 0) is 0 Å². The van der Waals surface area contributed by atoms with E-state index in [1.165, 1.54) is 0 Å². The van der Waals surface area contributed by atoms with Gasteiger partial charge in [0.05, 0.1) is 5.56 Å². The van der Waals surface area contributed by atoms with E-state index in [2.05, 4.69) is 5.32 Å². The molecule has 1 heterocycles. The van der Waals surface area contributed by atoms with E-state index in [0.717, 1.165) is 26.2 Å². The Bertz CT molecular complexity index is 402. The number of benzene rings is 1. The molecule has 1 aliphatic heterocycles. The second-order valence-corrected chi connectivity index (χ2v) is 4.21. The van der Waals surface area contributed by atoms with Gasteiger partial charge >= 0.3 is 0 Å². The zero-order valence-electron chi connectivity index (χ0n) is 8.87. The Hall–Kier alpha value is -1.26. The second kappa shape index (κ2) is 4.72. The summed E-state index contributed by atoms with van der Waals surface area (Å²) in [5, 5.41) is 3.75. The molecule has 1 aliphatic rings. The average Bonchev–Trinajstić information content (AvgIpc) is 2.29. The van der Waals surface area contributed by atoms with Crippen LogP contribution in [0.3, 0.4) is 0 Å². The van der Waals surface area contributed by atoms with Gasteiger partial charge in [-0.05, 0) is 18.2 Å². The number of carbonyl (C=O) groups is 1. The number of hydrogen-bond acceptors (Lipinski definition) is 3. The van der Waals surface area contributed by atoms with Crippen molar-refractivity contribution >= 4 is 23.2 Å². The summed E-state index contributed by atoms with van der Waals surface area (Å²) in [5.74, 6) is -0.0179. The van der Waals surface area contributed by atoms with E-state index < -0.39 is 0 Å². The van der Waals surface area contributed by atoms with Crippen molar-refractivity contribution in [3.05, 3.63) is 28.8 Å². The van der Waals surface area contributed by atoms with Gasteiger partial charge in [0.1, 0.15) is 0 Å². The van der Waals surface area contributed by atoms with Crippen LogP contribution in [0.5, 0.6) is 0 Å². The largest absolute Gasteiger partial charge is 0.398 e. The van der Waals surface area contributed by atoms with Crippen molar-refractivity contribution in [1.82, 2.24) is 10.2 Å². The van der Waals surface area contributed by atoms with Gasteiger partial charge in [-0.25, -0.2) is 0 Å². The second-order valence-electron chi connectivity index (χ2n) is 3.77. The molecule has 0 radical (unpaired) electrons. The third-order valence-electron chi connectivity index (χ3n) is 2.65. The van der Waals surface area contributed by atoms with Crippen molar-refractivity contribution in [3.8, 4) is 0 Å². The summed E-state index contributed by atoms with van der Waals surface area (Å²) >= 11 is 5.79. The minimum absolute atomic E-state index is 0.0179. The Balaban J connectivity index is 2.19. The highest BCUT2D eigenvalue weighted by Crippen LogP contribution is 2.19. The molecule has 1 aromatic rings. The summed E-state index contributed by atoms with van der Waals surface area (Å²) in [5.41, 5.74) is 6.76. The summed E-state index contributed by atoms with van der Waals surface area (Å²) in [6, 6.07) is 4.98. The molecular weight excluding hydrogens is 226 g/mol. The zero-order chi connectivity index (χ0) is 11.5. The molecule has 1 saturated heterocycles. The summed E-state index contributed by atoms with van der Waals surface area (Å²) < 4.78 is 0. The molecule has 0 bridgehead atoms. The SMILES string of the molecule is Nc1cc(Cl)ccc1C(=O)N1CCNCC1. The number of anilines is 1. The quantitative estimate of drug-likeness (QED) is 0.718. The number of amides is 1. The minimum atomic E-state index is -0.0179. The molecule has 4 nitrogen and oxygen atoms in total. The van der Waals surface area contributed by atoms with Crippen LogP contribution in [0.15, 0.2) is 18.2 Å².